The lowest BCUT2D eigenvalue weighted by atomic mass is 9.94. The second kappa shape index (κ2) is 11.6. The van der Waals surface area contributed by atoms with Crippen LogP contribution in [0, 0.1) is 0 Å². The van der Waals surface area contributed by atoms with Crippen molar-refractivity contribution in [3.05, 3.63) is 194 Å². The molecule has 0 saturated carbocycles. The van der Waals surface area contributed by atoms with Crippen LogP contribution in [0.2, 0.25) is 0 Å². The van der Waals surface area contributed by atoms with Gasteiger partial charge in [-0.1, -0.05) is 140 Å². The molecule has 0 radical (unpaired) electrons. The van der Waals surface area contributed by atoms with Crippen molar-refractivity contribution < 1.29 is 0 Å². The summed E-state index contributed by atoms with van der Waals surface area (Å²) < 4.78 is 4.96. The Balaban J connectivity index is 1.17. The van der Waals surface area contributed by atoms with Crippen LogP contribution in [0.3, 0.4) is 0 Å². The Morgan fingerprint density at radius 2 is 0.960 bits per heavy atom. The van der Waals surface area contributed by atoms with E-state index >= 15 is 0 Å². The van der Waals surface area contributed by atoms with Gasteiger partial charge < -0.3 is 9.13 Å². The first-order valence-corrected chi connectivity index (χ1v) is 17.5. The van der Waals surface area contributed by atoms with Gasteiger partial charge in [-0.05, 0) is 88.3 Å². The van der Waals surface area contributed by atoms with Gasteiger partial charge in [0.1, 0.15) is 0 Å². The van der Waals surface area contributed by atoms with Crippen LogP contribution in [0.15, 0.2) is 188 Å². The van der Waals surface area contributed by atoms with Gasteiger partial charge >= 0.3 is 0 Å². The predicted molar refractivity (Wildman–Crippen MR) is 212 cm³/mol. The zero-order chi connectivity index (χ0) is 33.0. The lowest BCUT2D eigenvalue weighted by Gasteiger charge is -2.23. The van der Waals surface area contributed by atoms with Crippen LogP contribution >= 0.6 is 0 Å². The second-order valence-corrected chi connectivity index (χ2v) is 13.3. The molecule has 2 aromatic heterocycles. The molecule has 1 atom stereocenters. The van der Waals surface area contributed by atoms with Crippen molar-refractivity contribution in [2.24, 2.45) is 0 Å². The smallest absolute Gasteiger partial charge is 0.0566 e. The van der Waals surface area contributed by atoms with Crippen LogP contribution in [0.5, 0.6) is 0 Å². The average molecular weight is 639 g/mol. The molecule has 0 N–H and O–H groups in total. The average Bonchev–Trinajstić information content (AvgIpc) is 3.70. The predicted octanol–water partition coefficient (Wildman–Crippen LogP) is 12.8. The normalized spacial score (nSPS) is 14.6. The minimum Gasteiger partial charge on any atom is -0.333 e. The van der Waals surface area contributed by atoms with Gasteiger partial charge in [-0.3, -0.25) is 0 Å². The zero-order valence-electron chi connectivity index (χ0n) is 27.6. The van der Waals surface area contributed by atoms with E-state index in [0.717, 1.165) is 6.42 Å². The highest BCUT2D eigenvalue weighted by Gasteiger charge is 2.21. The molecule has 1 unspecified atom stereocenters. The van der Waals surface area contributed by atoms with Gasteiger partial charge in [-0.15, -0.1) is 0 Å². The van der Waals surface area contributed by atoms with E-state index in [4.69, 9.17) is 0 Å². The maximum atomic E-state index is 2.56. The van der Waals surface area contributed by atoms with Crippen molar-refractivity contribution in [2.75, 3.05) is 0 Å². The largest absolute Gasteiger partial charge is 0.333 e. The van der Waals surface area contributed by atoms with Crippen LogP contribution in [0.1, 0.15) is 18.0 Å². The third kappa shape index (κ3) is 4.64. The van der Waals surface area contributed by atoms with Crippen LogP contribution in [0.4, 0.5) is 0 Å². The maximum absolute atomic E-state index is 2.56. The molecule has 1 aliphatic rings. The fourth-order valence-electron chi connectivity index (χ4n) is 8.11. The van der Waals surface area contributed by atoms with E-state index in [-0.39, 0.29) is 6.04 Å². The van der Waals surface area contributed by atoms with E-state index in [1.54, 1.807) is 0 Å². The maximum Gasteiger partial charge on any atom is 0.0566 e. The Labute approximate surface area is 291 Å². The SMILES string of the molecule is C1=CC(n2c3ccc(-c4ccccc4)cc3c3cc(-c4ccc5c6ccccc6n(-c6ccccc6)c5c4)ccc32)CC(c2ccccc2)=C1. The molecule has 0 spiro atoms. The fraction of sp³-hybridized carbons (Fsp3) is 0.0417. The summed E-state index contributed by atoms with van der Waals surface area (Å²) in [4.78, 5) is 0. The van der Waals surface area contributed by atoms with Crippen LogP contribution in [-0.4, -0.2) is 9.13 Å². The lowest BCUT2D eigenvalue weighted by Crippen LogP contribution is -2.09. The summed E-state index contributed by atoms with van der Waals surface area (Å²) in [6.45, 7) is 0. The third-order valence-electron chi connectivity index (χ3n) is 10.5. The summed E-state index contributed by atoms with van der Waals surface area (Å²) in [6, 6.07) is 62.2. The van der Waals surface area contributed by atoms with Gasteiger partial charge in [0.25, 0.3) is 0 Å². The summed E-state index contributed by atoms with van der Waals surface area (Å²) in [5.74, 6) is 0. The summed E-state index contributed by atoms with van der Waals surface area (Å²) in [6.07, 6.45) is 7.82. The first-order valence-electron chi connectivity index (χ1n) is 17.5. The zero-order valence-corrected chi connectivity index (χ0v) is 27.6. The Bertz CT molecular complexity index is 2760. The molecule has 2 heterocycles. The number of aromatic nitrogens is 2. The molecular weight excluding hydrogens is 605 g/mol. The molecule has 0 saturated heterocycles. The molecular formula is C48H34N2. The topological polar surface area (TPSA) is 9.86 Å². The van der Waals surface area contributed by atoms with Gasteiger partial charge in [0.15, 0.2) is 0 Å². The van der Waals surface area contributed by atoms with E-state index in [1.807, 2.05) is 0 Å². The molecule has 0 bridgehead atoms. The van der Waals surface area contributed by atoms with Crippen LogP contribution < -0.4 is 0 Å². The van der Waals surface area contributed by atoms with Crippen molar-refractivity contribution >= 4 is 49.2 Å². The molecule has 0 fully saturated rings. The van der Waals surface area contributed by atoms with Crippen molar-refractivity contribution in [3.63, 3.8) is 0 Å². The van der Waals surface area contributed by atoms with Crippen molar-refractivity contribution in [3.8, 4) is 27.9 Å². The van der Waals surface area contributed by atoms with Crippen molar-refractivity contribution in [1.29, 1.82) is 0 Å². The van der Waals surface area contributed by atoms with E-state index in [9.17, 15) is 0 Å². The van der Waals surface area contributed by atoms with E-state index in [0.29, 0.717) is 0 Å². The molecule has 1 aliphatic carbocycles. The summed E-state index contributed by atoms with van der Waals surface area (Å²) in [5.41, 5.74) is 13.7. The molecule has 10 rings (SSSR count). The lowest BCUT2D eigenvalue weighted by molar-refractivity contribution is 0.656. The molecule has 9 aromatic rings. The number of hydrogen-bond acceptors (Lipinski definition) is 0. The Morgan fingerprint density at radius 1 is 0.400 bits per heavy atom. The van der Waals surface area contributed by atoms with E-state index in [1.165, 1.54) is 82.7 Å². The Hall–Kier alpha value is -6.38. The molecule has 236 valence electrons. The first-order chi connectivity index (χ1) is 24.8. The van der Waals surface area contributed by atoms with E-state index < -0.39 is 0 Å². The van der Waals surface area contributed by atoms with E-state index in [2.05, 4.69) is 197 Å². The minimum atomic E-state index is 0.210. The highest BCUT2D eigenvalue weighted by atomic mass is 15.0. The summed E-state index contributed by atoms with van der Waals surface area (Å²) >= 11 is 0. The number of para-hydroxylation sites is 2. The molecule has 0 amide bonds. The van der Waals surface area contributed by atoms with Gasteiger partial charge in [-0.25, -0.2) is 0 Å². The van der Waals surface area contributed by atoms with Crippen molar-refractivity contribution in [2.45, 2.75) is 12.5 Å². The van der Waals surface area contributed by atoms with Crippen molar-refractivity contribution in [1.82, 2.24) is 9.13 Å². The number of nitrogens with zero attached hydrogens (tertiary/aromatic N) is 2. The molecule has 50 heavy (non-hydrogen) atoms. The third-order valence-corrected chi connectivity index (χ3v) is 10.5. The fourth-order valence-corrected chi connectivity index (χ4v) is 8.11. The summed E-state index contributed by atoms with van der Waals surface area (Å²) in [7, 11) is 0. The molecule has 7 aromatic carbocycles. The molecule has 2 nitrogen and oxygen atoms in total. The highest BCUT2D eigenvalue weighted by molar-refractivity contribution is 6.12. The summed E-state index contributed by atoms with van der Waals surface area (Å²) in [5, 5.41) is 5.11. The van der Waals surface area contributed by atoms with Gasteiger partial charge in [-0.2, -0.15) is 0 Å². The standard InChI is InChI=1S/C48H34N2/c1-4-13-33(14-5-1)35-17-12-20-40(29-35)50-46-27-24-36(34-15-6-2-7-16-34)30-43(46)44-31-37(25-28-47(44)50)38-23-26-42-41-21-10-11-22-45(41)49(48(42)32-38)39-18-8-3-9-19-39/h1-28,30-32,40H,29H2. The second-order valence-electron chi connectivity index (χ2n) is 13.3. The molecule has 0 aliphatic heterocycles. The highest BCUT2D eigenvalue weighted by Crippen LogP contribution is 2.41. The number of allylic oxidation sites excluding steroid dienone is 4. The molecule has 2 heteroatoms. The van der Waals surface area contributed by atoms with Gasteiger partial charge in [0.2, 0.25) is 0 Å². The number of rotatable bonds is 5. The minimum absolute atomic E-state index is 0.210. The first kappa shape index (κ1) is 28.6. The van der Waals surface area contributed by atoms with Gasteiger partial charge in [0.05, 0.1) is 17.1 Å². The number of benzene rings is 7. The van der Waals surface area contributed by atoms with Crippen LogP contribution in [0.25, 0.3) is 77.1 Å². The number of fused-ring (bicyclic) bond motifs is 6. The quantitative estimate of drug-likeness (QED) is 0.178. The Kier molecular flexibility index (Phi) is 6.67. The number of hydrogen-bond donors (Lipinski definition) is 0. The Morgan fingerprint density at radius 3 is 1.68 bits per heavy atom. The van der Waals surface area contributed by atoms with Gasteiger partial charge in [0, 0.05) is 38.3 Å². The monoisotopic (exact) mass is 638 g/mol. The van der Waals surface area contributed by atoms with Crippen LogP contribution in [-0.2, 0) is 0 Å².